The molecule has 70 valence electrons. The molecule has 2 aliphatic rings. The van der Waals surface area contributed by atoms with E-state index in [-0.39, 0.29) is 6.29 Å². The molecular formula is C8H15NO3. The molecule has 4 nitrogen and oxygen atoms in total. The topological polar surface area (TPSA) is 39.7 Å². The maximum absolute atomic E-state index is 5.57. The number of ether oxygens (including phenoxy) is 3. The molecule has 1 atom stereocenters. The van der Waals surface area contributed by atoms with Crippen LogP contribution in [-0.4, -0.2) is 37.9 Å². The van der Waals surface area contributed by atoms with Crippen LogP contribution in [0.25, 0.3) is 0 Å². The molecule has 2 saturated heterocycles. The minimum atomic E-state index is -0.470. The molecule has 0 aromatic rings. The SMILES string of the molecule is CC1(C)OCC(OC2CNC2)O1. The molecule has 0 saturated carbocycles. The van der Waals surface area contributed by atoms with Gasteiger partial charge < -0.3 is 19.5 Å². The van der Waals surface area contributed by atoms with Crippen molar-refractivity contribution in [2.45, 2.75) is 32.0 Å². The van der Waals surface area contributed by atoms with Gasteiger partial charge in [-0.1, -0.05) is 0 Å². The van der Waals surface area contributed by atoms with Gasteiger partial charge >= 0.3 is 0 Å². The zero-order valence-electron chi connectivity index (χ0n) is 7.50. The second kappa shape index (κ2) is 2.96. The zero-order chi connectivity index (χ0) is 8.60. The highest BCUT2D eigenvalue weighted by Crippen LogP contribution is 2.23. The van der Waals surface area contributed by atoms with Gasteiger partial charge in [0.25, 0.3) is 0 Å². The molecule has 0 amide bonds. The monoisotopic (exact) mass is 173 g/mol. The fraction of sp³-hybridized carbons (Fsp3) is 1.00. The van der Waals surface area contributed by atoms with Crippen LogP contribution in [0.3, 0.4) is 0 Å². The summed E-state index contributed by atoms with van der Waals surface area (Å²) in [6, 6.07) is 0. The van der Waals surface area contributed by atoms with Gasteiger partial charge in [-0.15, -0.1) is 0 Å². The van der Waals surface area contributed by atoms with Gasteiger partial charge in [0.15, 0.2) is 12.1 Å². The first-order valence-corrected chi connectivity index (χ1v) is 4.34. The van der Waals surface area contributed by atoms with Crippen LogP contribution in [0, 0.1) is 0 Å². The number of hydrogen-bond acceptors (Lipinski definition) is 4. The van der Waals surface area contributed by atoms with E-state index in [1.54, 1.807) is 0 Å². The van der Waals surface area contributed by atoms with Crippen molar-refractivity contribution < 1.29 is 14.2 Å². The first kappa shape index (κ1) is 8.44. The van der Waals surface area contributed by atoms with Gasteiger partial charge in [0.05, 0.1) is 6.10 Å². The molecule has 2 fully saturated rings. The minimum absolute atomic E-state index is 0.174. The Labute approximate surface area is 72.2 Å². The lowest BCUT2D eigenvalue weighted by molar-refractivity contribution is -0.209. The highest BCUT2D eigenvalue weighted by Gasteiger charge is 2.35. The van der Waals surface area contributed by atoms with Crippen molar-refractivity contribution in [3.8, 4) is 0 Å². The van der Waals surface area contributed by atoms with Crippen molar-refractivity contribution in [3.63, 3.8) is 0 Å². The summed E-state index contributed by atoms with van der Waals surface area (Å²) in [5.74, 6) is -0.470. The maximum Gasteiger partial charge on any atom is 0.184 e. The van der Waals surface area contributed by atoms with Crippen molar-refractivity contribution >= 4 is 0 Å². The second-order valence-corrected chi connectivity index (χ2v) is 3.67. The Bertz CT molecular complexity index is 168. The summed E-state index contributed by atoms with van der Waals surface area (Å²) in [6.45, 7) is 6.20. The zero-order valence-corrected chi connectivity index (χ0v) is 7.50. The molecular weight excluding hydrogens is 158 g/mol. The standard InChI is InChI=1S/C8H15NO3/c1-8(2)10-5-7(12-8)11-6-3-9-4-6/h6-7,9H,3-5H2,1-2H3. The molecule has 0 spiro atoms. The van der Waals surface area contributed by atoms with Crippen LogP contribution in [0.15, 0.2) is 0 Å². The molecule has 0 aromatic heterocycles. The van der Waals surface area contributed by atoms with Gasteiger partial charge in [-0.3, -0.25) is 0 Å². The second-order valence-electron chi connectivity index (χ2n) is 3.67. The van der Waals surface area contributed by atoms with Gasteiger partial charge in [0.1, 0.15) is 6.61 Å². The van der Waals surface area contributed by atoms with Crippen LogP contribution in [0.5, 0.6) is 0 Å². The molecule has 1 N–H and O–H groups in total. The van der Waals surface area contributed by atoms with E-state index in [9.17, 15) is 0 Å². The summed E-state index contributed by atoms with van der Waals surface area (Å²) in [4.78, 5) is 0. The first-order chi connectivity index (χ1) is 5.66. The largest absolute Gasteiger partial charge is 0.345 e. The van der Waals surface area contributed by atoms with Gasteiger partial charge in [-0.25, -0.2) is 0 Å². The normalized spacial score (nSPS) is 35.0. The van der Waals surface area contributed by atoms with Gasteiger partial charge in [0, 0.05) is 13.1 Å². The Hall–Kier alpha value is -0.160. The summed E-state index contributed by atoms with van der Waals surface area (Å²) in [5.41, 5.74) is 0. The van der Waals surface area contributed by atoms with Crippen LogP contribution < -0.4 is 5.32 Å². The summed E-state index contributed by atoms with van der Waals surface area (Å²) in [5, 5.41) is 3.13. The summed E-state index contributed by atoms with van der Waals surface area (Å²) < 4.78 is 16.4. The third-order valence-corrected chi connectivity index (χ3v) is 2.07. The Morgan fingerprint density at radius 1 is 1.42 bits per heavy atom. The quantitative estimate of drug-likeness (QED) is 0.642. The molecule has 4 heteroatoms. The molecule has 12 heavy (non-hydrogen) atoms. The number of nitrogens with one attached hydrogen (secondary N) is 1. The van der Waals surface area contributed by atoms with Gasteiger partial charge in [-0.05, 0) is 13.8 Å². The van der Waals surface area contributed by atoms with E-state index in [0.717, 1.165) is 13.1 Å². The average molecular weight is 173 g/mol. The molecule has 2 rings (SSSR count). The Morgan fingerprint density at radius 3 is 2.58 bits per heavy atom. The molecule has 2 aliphatic heterocycles. The molecule has 0 aromatic carbocycles. The van der Waals surface area contributed by atoms with E-state index < -0.39 is 5.79 Å². The van der Waals surface area contributed by atoms with E-state index in [1.165, 1.54) is 0 Å². The van der Waals surface area contributed by atoms with Crippen molar-refractivity contribution in [1.29, 1.82) is 0 Å². The van der Waals surface area contributed by atoms with Crippen LogP contribution in [0.1, 0.15) is 13.8 Å². The lowest BCUT2D eigenvalue weighted by atomic mass is 10.2. The third-order valence-electron chi connectivity index (χ3n) is 2.07. The van der Waals surface area contributed by atoms with Gasteiger partial charge in [-0.2, -0.15) is 0 Å². The van der Waals surface area contributed by atoms with Crippen LogP contribution in [-0.2, 0) is 14.2 Å². The highest BCUT2D eigenvalue weighted by atomic mass is 16.8. The predicted octanol–water partition coefficient (Wildman–Crippen LogP) is 0.0838. The van der Waals surface area contributed by atoms with Crippen molar-refractivity contribution in [1.82, 2.24) is 5.32 Å². The third kappa shape index (κ3) is 1.77. The Balaban J connectivity index is 1.75. The van der Waals surface area contributed by atoms with Crippen molar-refractivity contribution in [2.75, 3.05) is 19.7 Å². The molecule has 0 radical (unpaired) electrons. The summed E-state index contributed by atoms with van der Waals surface area (Å²) in [7, 11) is 0. The van der Waals surface area contributed by atoms with Crippen molar-refractivity contribution in [3.05, 3.63) is 0 Å². The first-order valence-electron chi connectivity index (χ1n) is 4.34. The maximum atomic E-state index is 5.57. The fourth-order valence-corrected chi connectivity index (χ4v) is 1.29. The summed E-state index contributed by atoms with van der Waals surface area (Å²) >= 11 is 0. The van der Waals surface area contributed by atoms with E-state index in [1.807, 2.05) is 13.8 Å². The average Bonchev–Trinajstić information content (AvgIpc) is 2.21. The van der Waals surface area contributed by atoms with Crippen LogP contribution in [0.4, 0.5) is 0 Å². The van der Waals surface area contributed by atoms with Crippen LogP contribution >= 0.6 is 0 Å². The lowest BCUT2D eigenvalue weighted by Gasteiger charge is -2.29. The smallest absolute Gasteiger partial charge is 0.184 e. The van der Waals surface area contributed by atoms with E-state index in [4.69, 9.17) is 14.2 Å². The van der Waals surface area contributed by atoms with E-state index in [0.29, 0.717) is 12.7 Å². The lowest BCUT2D eigenvalue weighted by Crippen LogP contribution is -2.50. The number of hydrogen-bond donors (Lipinski definition) is 1. The fourth-order valence-electron chi connectivity index (χ4n) is 1.29. The predicted molar refractivity (Wildman–Crippen MR) is 42.6 cm³/mol. The minimum Gasteiger partial charge on any atom is -0.345 e. The highest BCUT2D eigenvalue weighted by molar-refractivity contribution is 4.76. The Morgan fingerprint density at radius 2 is 2.17 bits per heavy atom. The van der Waals surface area contributed by atoms with E-state index in [2.05, 4.69) is 5.32 Å². The molecule has 2 heterocycles. The van der Waals surface area contributed by atoms with Crippen LogP contribution in [0.2, 0.25) is 0 Å². The molecule has 0 aliphatic carbocycles. The Kier molecular flexibility index (Phi) is 2.08. The van der Waals surface area contributed by atoms with E-state index >= 15 is 0 Å². The number of rotatable bonds is 2. The summed E-state index contributed by atoms with van der Waals surface area (Å²) in [6.07, 6.45) is 0.139. The van der Waals surface area contributed by atoms with Gasteiger partial charge in [0.2, 0.25) is 0 Å². The van der Waals surface area contributed by atoms with Crippen molar-refractivity contribution in [2.24, 2.45) is 0 Å². The molecule has 0 bridgehead atoms. The molecule has 1 unspecified atom stereocenters.